The van der Waals surface area contributed by atoms with Gasteiger partial charge in [-0.25, -0.2) is 8.42 Å². The van der Waals surface area contributed by atoms with E-state index >= 15 is 0 Å². The molecule has 2 N–H and O–H groups in total. The lowest BCUT2D eigenvalue weighted by atomic mass is 10.3. The van der Waals surface area contributed by atoms with Gasteiger partial charge in [-0.1, -0.05) is 0 Å². The maximum absolute atomic E-state index is 13.1. The summed E-state index contributed by atoms with van der Waals surface area (Å²) in [6.07, 6.45) is 0.846. The van der Waals surface area contributed by atoms with Crippen molar-refractivity contribution >= 4 is 10.0 Å². The maximum atomic E-state index is 13.1. The van der Waals surface area contributed by atoms with E-state index in [-0.39, 0.29) is 6.04 Å². The highest BCUT2D eigenvalue weighted by atomic mass is 32.2. The molecular weight excluding hydrogens is 290 g/mol. The van der Waals surface area contributed by atoms with E-state index in [1.165, 1.54) is 0 Å². The second-order valence-electron chi connectivity index (χ2n) is 5.74. The number of hydrogen-bond acceptors (Lipinski definition) is 5. The second-order valence-corrected chi connectivity index (χ2v) is 7.56. The van der Waals surface area contributed by atoms with E-state index in [1.807, 2.05) is 14.0 Å². The van der Waals surface area contributed by atoms with Crippen LogP contribution < -0.4 is 5.32 Å². The van der Waals surface area contributed by atoms with Crippen molar-refractivity contribution in [2.75, 3.05) is 33.7 Å². The number of aryl methyl sites for hydroxylation is 1. The molecule has 8 heteroatoms. The zero-order valence-corrected chi connectivity index (χ0v) is 14.0. The van der Waals surface area contributed by atoms with Gasteiger partial charge in [0.05, 0.1) is 11.4 Å². The van der Waals surface area contributed by atoms with Crippen LogP contribution in [0.2, 0.25) is 0 Å². The average Bonchev–Trinajstić information content (AvgIpc) is 2.66. The standard InChI is InChI=1S/C13H25N5O2S/c1-10-9-17(4)6-5-7-18(10)21(19,20)13-11(2)15-16-12(13)8-14-3/h10,14H,5-9H2,1-4H3,(H,15,16). The van der Waals surface area contributed by atoms with Crippen molar-refractivity contribution in [2.45, 2.75) is 37.8 Å². The molecule has 0 bridgehead atoms. The van der Waals surface area contributed by atoms with Gasteiger partial charge in [-0.15, -0.1) is 0 Å². The molecule has 0 spiro atoms. The summed E-state index contributed by atoms with van der Waals surface area (Å²) in [5.41, 5.74) is 1.16. The number of aromatic nitrogens is 2. The molecule has 120 valence electrons. The Kier molecular flexibility index (Phi) is 5.03. The Morgan fingerprint density at radius 3 is 2.81 bits per heavy atom. The van der Waals surface area contributed by atoms with Gasteiger partial charge in [0.25, 0.3) is 0 Å². The number of rotatable bonds is 4. The molecule has 1 aromatic rings. The van der Waals surface area contributed by atoms with Gasteiger partial charge in [0, 0.05) is 25.7 Å². The third-order valence-corrected chi connectivity index (χ3v) is 6.08. The number of sulfonamides is 1. The lowest BCUT2D eigenvalue weighted by Gasteiger charge is -2.27. The molecule has 0 amide bonds. The van der Waals surface area contributed by atoms with Gasteiger partial charge >= 0.3 is 0 Å². The second kappa shape index (κ2) is 6.43. The lowest BCUT2D eigenvalue weighted by Crippen LogP contribution is -2.42. The molecule has 1 fully saturated rings. The minimum atomic E-state index is -3.53. The van der Waals surface area contributed by atoms with Crippen LogP contribution in [0.5, 0.6) is 0 Å². The highest BCUT2D eigenvalue weighted by Gasteiger charge is 2.35. The zero-order valence-electron chi connectivity index (χ0n) is 13.2. The normalized spacial score (nSPS) is 22.4. The van der Waals surface area contributed by atoms with E-state index in [1.54, 1.807) is 18.3 Å². The van der Waals surface area contributed by atoms with Crippen molar-refractivity contribution in [3.05, 3.63) is 11.4 Å². The summed E-state index contributed by atoms with van der Waals surface area (Å²) in [7, 11) is 0.286. The first-order valence-electron chi connectivity index (χ1n) is 7.26. The predicted octanol–water partition coefficient (Wildman–Crippen LogP) is 0.152. The van der Waals surface area contributed by atoms with Crippen LogP contribution in [0.25, 0.3) is 0 Å². The average molecular weight is 315 g/mol. The van der Waals surface area contributed by atoms with Crippen molar-refractivity contribution in [1.82, 2.24) is 24.7 Å². The molecule has 1 aromatic heterocycles. The minimum absolute atomic E-state index is 0.0424. The van der Waals surface area contributed by atoms with Crippen LogP contribution in [0.3, 0.4) is 0 Å². The number of nitrogens with zero attached hydrogens (tertiary/aromatic N) is 3. The van der Waals surface area contributed by atoms with Gasteiger partial charge < -0.3 is 10.2 Å². The molecule has 0 saturated carbocycles. The van der Waals surface area contributed by atoms with Crippen LogP contribution in [0.4, 0.5) is 0 Å². The molecule has 1 atom stereocenters. The number of likely N-dealkylation sites (N-methyl/N-ethyl adjacent to an activating group) is 1. The van der Waals surface area contributed by atoms with Crippen LogP contribution in [0.15, 0.2) is 4.90 Å². The van der Waals surface area contributed by atoms with E-state index in [0.717, 1.165) is 19.5 Å². The van der Waals surface area contributed by atoms with Crippen LogP contribution >= 0.6 is 0 Å². The van der Waals surface area contributed by atoms with E-state index < -0.39 is 10.0 Å². The topological polar surface area (TPSA) is 81.3 Å². The molecule has 0 aliphatic carbocycles. The third kappa shape index (κ3) is 3.28. The fourth-order valence-corrected chi connectivity index (χ4v) is 4.92. The largest absolute Gasteiger partial charge is 0.314 e. The Morgan fingerprint density at radius 2 is 2.14 bits per heavy atom. The molecule has 1 unspecified atom stereocenters. The summed E-state index contributed by atoms with van der Waals surface area (Å²) in [6.45, 7) is 6.38. The van der Waals surface area contributed by atoms with E-state index in [2.05, 4.69) is 20.4 Å². The van der Waals surface area contributed by atoms with Crippen molar-refractivity contribution in [3.63, 3.8) is 0 Å². The summed E-state index contributed by atoms with van der Waals surface area (Å²) < 4.78 is 27.7. The number of hydrogen-bond donors (Lipinski definition) is 2. The van der Waals surface area contributed by atoms with Gasteiger partial charge in [-0.05, 0) is 40.9 Å². The highest BCUT2D eigenvalue weighted by Crippen LogP contribution is 2.25. The summed E-state index contributed by atoms with van der Waals surface area (Å²) in [5.74, 6) is 0. The maximum Gasteiger partial charge on any atom is 0.247 e. The summed E-state index contributed by atoms with van der Waals surface area (Å²) in [5, 5.41) is 9.90. The van der Waals surface area contributed by atoms with Crippen molar-refractivity contribution in [1.29, 1.82) is 0 Å². The quantitative estimate of drug-likeness (QED) is 0.827. The Labute approximate surface area is 126 Å². The van der Waals surface area contributed by atoms with Crippen molar-refractivity contribution < 1.29 is 8.42 Å². The SMILES string of the molecule is CNCc1n[nH]c(C)c1S(=O)(=O)N1CCCN(C)CC1C. The molecular formula is C13H25N5O2S. The fraction of sp³-hybridized carbons (Fsp3) is 0.769. The van der Waals surface area contributed by atoms with Gasteiger partial charge in [-0.3, -0.25) is 5.10 Å². The van der Waals surface area contributed by atoms with Gasteiger partial charge in [0.2, 0.25) is 10.0 Å². The first-order chi connectivity index (χ1) is 9.87. The predicted molar refractivity (Wildman–Crippen MR) is 81.6 cm³/mol. The molecule has 0 aromatic carbocycles. The Bertz CT molecular complexity index is 583. The Hall–Kier alpha value is -0.960. The molecule has 1 aliphatic heterocycles. The van der Waals surface area contributed by atoms with E-state index in [0.29, 0.717) is 29.4 Å². The van der Waals surface area contributed by atoms with Gasteiger partial charge in [0.1, 0.15) is 4.90 Å². The monoisotopic (exact) mass is 315 g/mol. The van der Waals surface area contributed by atoms with E-state index in [9.17, 15) is 8.42 Å². The fourth-order valence-electron chi connectivity index (χ4n) is 2.92. The van der Waals surface area contributed by atoms with Crippen LogP contribution in [-0.4, -0.2) is 67.6 Å². The smallest absolute Gasteiger partial charge is 0.247 e. The lowest BCUT2D eigenvalue weighted by molar-refractivity contribution is 0.290. The molecule has 1 saturated heterocycles. The first-order valence-corrected chi connectivity index (χ1v) is 8.70. The zero-order chi connectivity index (χ0) is 15.6. The summed E-state index contributed by atoms with van der Waals surface area (Å²) in [6, 6.07) is -0.0424. The molecule has 21 heavy (non-hydrogen) atoms. The molecule has 1 aliphatic rings. The summed E-state index contributed by atoms with van der Waals surface area (Å²) >= 11 is 0. The number of H-pyrrole nitrogens is 1. The Balaban J connectivity index is 2.39. The number of aromatic amines is 1. The van der Waals surface area contributed by atoms with Gasteiger partial charge in [0.15, 0.2) is 0 Å². The van der Waals surface area contributed by atoms with Crippen LogP contribution in [0, 0.1) is 6.92 Å². The molecule has 7 nitrogen and oxygen atoms in total. The van der Waals surface area contributed by atoms with Crippen LogP contribution in [0.1, 0.15) is 24.7 Å². The van der Waals surface area contributed by atoms with E-state index in [4.69, 9.17) is 0 Å². The van der Waals surface area contributed by atoms with Crippen molar-refractivity contribution in [3.8, 4) is 0 Å². The first kappa shape index (κ1) is 16.4. The highest BCUT2D eigenvalue weighted by molar-refractivity contribution is 7.89. The third-order valence-electron chi connectivity index (χ3n) is 3.86. The molecule has 2 heterocycles. The van der Waals surface area contributed by atoms with Crippen molar-refractivity contribution in [2.24, 2.45) is 0 Å². The molecule has 0 radical (unpaired) electrons. The van der Waals surface area contributed by atoms with Crippen LogP contribution in [-0.2, 0) is 16.6 Å². The number of nitrogens with one attached hydrogen (secondary N) is 2. The minimum Gasteiger partial charge on any atom is -0.314 e. The molecule has 2 rings (SSSR count). The van der Waals surface area contributed by atoms with Gasteiger partial charge in [-0.2, -0.15) is 9.40 Å². The Morgan fingerprint density at radius 1 is 1.43 bits per heavy atom. The summed E-state index contributed by atoms with van der Waals surface area (Å²) in [4.78, 5) is 2.50.